The summed E-state index contributed by atoms with van der Waals surface area (Å²) in [6, 6.07) is 5.97. The number of rotatable bonds is 5. The van der Waals surface area contributed by atoms with Crippen molar-refractivity contribution in [3.63, 3.8) is 0 Å². The van der Waals surface area contributed by atoms with Crippen LogP contribution in [0, 0.1) is 5.92 Å². The van der Waals surface area contributed by atoms with Gasteiger partial charge in [0.15, 0.2) is 0 Å². The van der Waals surface area contributed by atoms with Crippen LogP contribution >= 0.6 is 0 Å². The van der Waals surface area contributed by atoms with E-state index in [0.29, 0.717) is 0 Å². The Morgan fingerprint density at radius 1 is 1.18 bits per heavy atom. The molecule has 1 aromatic carbocycles. The monoisotopic (exact) mass is 303 g/mol. The number of fused-ring (bicyclic) bond motifs is 1. The van der Waals surface area contributed by atoms with Gasteiger partial charge in [0, 0.05) is 23.5 Å². The first-order valence-corrected chi connectivity index (χ1v) is 7.22. The van der Waals surface area contributed by atoms with Gasteiger partial charge in [-0.05, 0) is 17.5 Å². The number of aromatic amines is 1. The molecule has 22 heavy (non-hydrogen) atoms. The van der Waals surface area contributed by atoms with Crippen LogP contribution in [0.1, 0.15) is 19.4 Å². The van der Waals surface area contributed by atoms with Crippen LogP contribution in [0.3, 0.4) is 0 Å². The molecule has 0 aliphatic heterocycles. The number of hydrogen-bond donors (Lipinski definition) is 3. The average Bonchev–Trinajstić information content (AvgIpc) is 2.89. The van der Waals surface area contributed by atoms with E-state index in [0.717, 1.165) is 16.5 Å². The predicted molar refractivity (Wildman–Crippen MR) is 83.9 cm³/mol. The van der Waals surface area contributed by atoms with Gasteiger partial charge >= 0.3 is 11.9 Å². The third kappa shape index (κ3) is 3.52. The lowest BCUT2D eigenvalue weighted by molar-refractivity contribution is -0.162. The third-order valence-corrected chi connectivity index (χ3v) is 3.61. The molecule has 6 nitrogen and oxygen atoms in total. The Morgan fingerprint density at radius 2 is 1.86 bits per heavy atom. The van der Waals surface area contributed by atoms with Gasteiger partial charge in [-0.2, -0.15) is 0 Å². The number of hydrogen-bond acceptors (Lipinski definition) is 5. The zero-order valence-corrected chi connectivity index (χ0v) is 12.7. The van der Waals surface area contributed by atoms with Gasteiger partial charge in [-0.1, -0.05) is 32.0 Å². The van der Waals surface area contributed by atoms with Crippen LogP contribution in [0.15, 0.2) is 30.5 Å². The highest BCUT2D eigenvalue weighted by Gasteiger charge is 2.25. The summed E-state index contributed by atoms with van der Waals surface area (Å²) in [4.78, 5) is 26.7. The van der Waals surface area contributed by atoms with Crippen molar-refractivity contribution in [3.05, 3.63) is 36.0 Å². The maximum absolute atomic E-state index is 11.9. The molecule has 0 amide bonds. The fourth-order valence-electron chi connectivity index (χ4n) is 2.14. The van der Waals surface area contributed by atoms with Crippen LogP contribution in [-0.2, 0) is 20.7 Å². The third-order valence-electron chi connectivity index (χ3n) is 3.61. The Hall–Kier alpha value is -2.18. The average molecular weight is 303 g/mol. The molecule has 0 fully saturated rings. The molecule has 1 heterocycles. The minimum Gasteiger partial charge on any atom is -0.391 e. The Labute approximate surface area is 128 Å². The normalized spacial score (nSPS) is 14.0. The molecule has 2 atom stereocenters. The van der Waals surface area contributed by atoms with E-state index in [1.165, 1.54) is 0 Å². The van der Waals surface area contributed by atoms with E-state index < -0.39 is 24.0 Å². The number of carbonyl (C=O) groups excluding carboxylic acids is 2. The van der Waals surface area contributed by atoms with Crippen molar-refractivity contribution in [2.45, 2.75) is 32.4 Å². The molecule has 0 saturated heterocycles. The van der Waals surface area contributed by atoms with Crippen molar-refractivity contribution in [1.82, 2.24) is 4.98 Å². The maximum Gasteiger partial charge on any atom is 0.330 e. The fraction of sp³-hybridized carbons (Fsp3) is 0.375. The zero-order valence-electron chi connectivity index (χ0n) is 12.7. The second kappa shape index (κ2) is 6.72. The molecule has 0 unspecified atom stereocenters. The van der Waals surface area contributed by atoms with Gasteiger partial charge in [-0.15, -0.1) is 0 Å². The molecule has 5 N–H and O–H groups in total. The summed E-state index contributed by atoms with van der Waals surface area (Å²) in [5, 5.41) is 0.996. The smallest absolute Gasteiger partial charge is 0.330 e. The first-order chi connectivity index (χ1) is 10.4. The number of para-hydroxylation sites is 1. The Morgan fingerprint density at radius 3 is 2.55 bits per heavy atom. The van der Waals surface area contributed by atoms with Gasteiger partial charge in [0.2, 0.25) is 0 Å². The molecule has 0 spiro atoms. The molecule has 2 rings (SSSR count). The van der Waals surface area contributed by atoms with Crippen molar-refractivity contribution in [2.75, 3.05) is 0 Å². The lowest BCUT2D eigenvalue weighted by Gasteiger charge is -2.15. The van der Waals surface area contributed by atoms with E-state index in [9.17, 15) is 9.59 Å². The number of nitrogens with one attached hydrogen (secondary N) is 1. The lowest BCUT2D eigenvalue weighted by Crippen LogP contribution is -2.42. The maximum atomic E-state index is 11.9. The van der Waals surface area contributed by atoms with Crippen molar-refractivity contribution in [1.29, 1.82) is 0 Å². The number of ether oxygens (including phenoxy) is 1. The summed E-state index contributed by atoms with van der Waals surface area (Å²) in [6.45, 7) is 3.56. The summed E-state index contributed by atoms with van der Waals surface area (Å²) in [7, 11) is 0. The summed E-state index contributed by atoms with van der Waals surface area (Å²) >= 11 is 0. The van der Waals surface area contributed by atoms with Crippen molar-refractivity contribution in [2.24, 2.45) is 17.4 Å². The molecule has 0 bridgehead atoms. The largest absolute Gasteiger partial charge is 0.391 e. The molecule has 6 heteroatoms. The highest BCUT2D eigenvalue weighted by atomic mass is 16.6. The quantitative estimate of drug-likeness (QED) is 0.565. The van der Waals surface area contributed by atoms with Gasteiger partial charge in [0.1, 0.15) is 12.1 Å². The van der Waals surface area contributed by atoms with E-state index in [-0.39, 0.29) is 12.3 Å². The number of benzene rings is 1. The lowest BCUT2D eigenvalue weighted by atomic mass is 10.0. The summed E-state index contributed by atoms with van der Waals surface area (Å²) in [5.74, 6) is -1.61. The number of esters is 2. The van der Waals surface area contributed by atoms with Gasteiger partial charge in [-0.3, -0.25) is 0 Å². The van der Waals surface area contributed by atoms with Crippen molar-refractivity contribution >= 4 is 22.8 Å². The molecular formula is C16H21N3O3. The molecule has 0 aliphatic carbocycles. The minimum absolute atomic E-state index is 0.106. The first kappa shape index (κ1) is 16.2. The molecule has 118 valence electrons. The Kier molecular flexibility index (Phi) is 4.95. The minimum atomic E-state index is -0.914. The van der Waals surface area contributed by atoms with Gasteiger partial charge < -0.3 is 21.2 Å². The highest BCUT2D eigenvalue weighted by Crippen LogP contribution is 2.19. The first-order valence-electron chi connectivity index (χ1n) is 7.22. The zero-order chi connectivity index (χ0) is 16.3. The number of nitrogens with two attached hydrogens (primary N) is 2. The molecule has 0 aliphatic rings. The van der Waals surface area contributed by atoms with Crippen LogP contribution in [0.5, 0.6) is 0 Å². The van der Waals surface area contributed by atoms with E-state index in [1.54, 1.807) is 20.0 Å². The number of carbonyl (C=O) groups is 2. The van der Waals surface area contributed by atoms with Gasteiger partial charge in [0.05, 0.1) is 0 Å². The SMILES string of the molecule is CC(C)[C@H](N)C(=O)OC(=O)[C@@H](N)Cc1c[nH]c2ccccc12. The fourth-order valence-corrected chi connectivity index (χ4v) is 2.14. The standard InChI is InChI=1S/C16H21N3O3/c1-9(2)14(18)16(21)22-15(20)12(17)7-10-8-19-13-6-4-3-5-11(10)13/h3-6,8-9,12,14,19H,7,17-18H2,1-2H3/t12-,14-/m0/s1. The summed E-state index contributed by atoms with van der Waals surface area (Å²) in [5.41, 5.74) is 13.4. The van der Waals surface area contributed by atoms with Crippen molar-refractivity contribution in [3.8, 4) is 0 Å². The van der Waals surface area contributed by atoms with Crippen LogP contribution in [-0.4, -0.2) is 29.0 Å². The molecule has 0 saturated carbocycles. The van der Waals surface area contributed by atoms with Crippen LogP contribution in [0.25, 0.3) is 10.9 Å². The van der Waals surface area contributed by atoms with Crippen LogP contribution in [0.4, 0.5) is 0 Å². The van der Waals surface area contributed by atoms with E-state index in [1.807, 2.05) is 24.3 Å². The molecule has 2 aromatic rings. The van der Waals surface area contributed by atoms with Gasteiger partial charge in [-0.25, -0.2) is 9.59 Å². The van der Waals surface area contributed by atoms with Crippen molar-refractivity contribution < 1.29 is 14.3 Å². The second-order valence-electron chi connectivity index (χ2n) is 5.68. The second-order valence-corrected chi connectivity index (χ2v) is 5.68. The summed E-state index contributed by atoms with van der Waals surface area (Å²) in [6.07, 6.45) is 2.09. The van der Waals surface area contributed by atoms with Crippen LogP contribution in [0.2, 0.25) is 0 Å². The highest BCUT2D eigenvalue weighted by molar-refractivity contribution is 5.91. The van der Waals surface area contributed by atoms with E-state index in [4.69, 9.17) is 16.2 Å². The Balaban J connectivity index is 2.01. The van der Waals surface area contributed by atoms with Gasteiger partial charge in [0.25, 0.3) is 0 Å². The van der Waals surface area contributed by atoms with E-state index >= 15 is 0 Å². The molecule has 1 aromatic heterocycles. The number of aromatic nitrogens is 1. The molecular weight excluding hydrogens is 282 g/mol. The van der Waals surface area contributed by atoms with Crippen LogP contribution < -0.4 is 11.5 Å². The number of H-pyrrole nitrogens is 1. The topological polar surface area (TPSA) is 111 Å². The predicted octanol–water partition coefficient (Wildman–Crippen LogP) is 1.09. The van der Waals surface area contributed by atoms with E-state index in [2.05, 4.69) is 4.98 Å². The Bertz CT molecular complexity index is 678. The molecule has 0 radical (unpaired) electrons. The summed E-state index contributed by atoms with van der Waals surface area (Å²) < 4.78 is 4.76.